The summed E-state index contributed by atoms with van der Waals surface area (Å²) in [6.45, 7) is 6.54. The number of imidazole rings is 1. The zero-order chi connectivity index (χ0) is 11.7. The van der Waals surface area contributed by atoms with Crippen molar-refractivity contribution in [1.82, 2.24) is 14.5 Å². The number of hydrogen-bond donors (Lipinski definition) is 1. The summed E-state index contributed by atoms with van der Waals surface area (Å²) in [6, 6.07) is 0.896. The van der Waals surface area contributed by atoms with Gasteiger partial charge in [-0.25, -0.2) is 4.98 Å². The van der Waals surface area contributed by atoms with E-state index in [0.29, 0.717) is 18.0 Å². The molecule has 2 heterocycles. The van der Waals surface area contributed by atoms with Gasteiger partial charge in [0.2, 0.25) is 0 Å². The van der Waals surface area contributed by atoms with Crippen molar-refractivity contribution >= 4 is 0 Å². The number of nitrogens with zero attached hydrogens (tertiary/aromatic N) is 3. The average molecular weight is 222 g/mol. The van der Waals surface area contributed by atoms with Crippen LogP contribution in [0.3, 0.4) is 0 Å². The van der Waals surface area contributed by atoms with Crippen LogP contribution in [0.5, 0.6) is 0 Å². The summed E-state index contributed by atoms with van der Waals surface area (Å²) in [5.41, 5.74) is 6.09. The van der Waals surface area contributed by atoms with Gasteiger partial charge in [-0.05, 0) is 19.3 Å². The number of nitrogens with two attached hydrogens (primary N) is 1. The van der Waals surface area contributed by atoms with Crippen LogP contribution in [0.4, 0.5) is 0 Å². The van der Waals surface area contributed by atoms with E-state index in [1.54, 1.807) is 0 Å². The molecule has 0 saturated carbocycles. The van der Waals surface area contributed by atoms with Crippen molar-refractivity contribution < 1.29 is 0 Å². The molecule has 4 heteroatoms. The van der Waals surface area contributed by atoms with E-state index in [-0.39, 0.29) is 0 Å². The highest BCUT2D eigenvalue weighted by molar-refractivity contribution is 4.94. The van der Waals surface area contributed by atoms with E-state index in [1.165, 1.54) is 0 Å². The van der Waals surface area contributed by atoms with E-state index in [0.717, 1.165) is 25.3 Å². The third-order valence-electron chi connectivity index (χ3n) is 4.03. The minimum absolute atomic E-state index is 0.354. The molecule has 2 N–H and O–H groups in total. The molecule has 1 aromatic rings. The monoisotopic (exact) mass is 222 g/mol. The van der Waals surface area contributed by atoms with Gasteiger partial charge in [0.25, 0.3) is 0 Å². The van der Waals surface area contributed by atoms with Crippen molar-refractivity contribution in [3.05, 3.63) is 18.2 Å². The Morgan fingerprint density at radius 1 is 1.50 bits per heavy atom. The molecule has 3 atom stereocenters. The SMILES string of the molecule is CC1C(N)CCN(Cc2nccn2C)C1C. The molecular formula is C12H22N4. The molecule has 0 aromatic carbocycles. The molecule has 1 fully saturated rings. The molecule has 1 aliphatic rings. The molecule has 0 amide bonds. The van der Waals surface area contributed by atoms with Crippen molar-refractivity contribution in [2.24, 2.45) is 18.7 Å². The summed E-state index contributed by atoms with van der Waals surface area (Å²) in [4.78, 5) is 6.86. The van der Waals surface area contributed by atoms with Crippen LogP contribution in [-0.4, -0.2) is 33.1 Å². The first-order valence-electron chi connectivity index (χ1n) is 6.05. The largest absolute Gasteiger partial charge is 0.337 e. The van der Waals surface area contributed by atoms with Crippen LogP contribution < -0.4 is 5.73 Å². The lowest BCUT2D eigenvalue weighted by Gasteiger charge is -2.41. The van der Waals surface area contributed by atoms with Gasteiger partial charge in [0, 0.05) is 38.1 Å². The first-order valence-corrected chi connectivity index (χ1v) is 6.05. The van der Waals surface area contributed by atoms with Crippen molar-refractivity contribution in [1.29, 1.82) is 0 Å². The van der Waals surface area contributed by atoms with Crippen molar-refractivity contribution in [3.8, 4) is 0 Å². The molecule has 1 aromatic heterocycles. The summed E-state index contributed by atoms with van der Waals surface area (Å²) >= 11 is 0. The molecular weight excluding hydrogens is 200 g/mol. The molecule has 1 saturated heterocycles. The van der Waals surface area contributed by atoms with Gasteiger partial charge in [0.1, 0.15) is 5.82 Å². The molecule has 0 aliphatic carbocycles. The van der Waals surface area contributed by atoms with Crippen molar-refractivity contribution in [2.45, 2.75) is 38.9 Å². The Balaban J connectivity index is 2.03. The fourth-order valence-corrected chi connectivity index (χ4v) is 2.43. The molecule has 0 spiro atoms. The molecule has 16 heavy (non-hydrogen) atoms. The fraction of sp³-hybridized carbons (Fsp3) is 0.750. The Morgan fingerprint density at radius 2 is 2.25 bits per heavy atom. The number of aromatic nitrogens is 2. The molecule has 3 unspecified atom stereocenters. The zero-order valence-electron chi connectivity index (χ0n) is 10.4. The normalized spacial score (nSPS) is 31.9. The maximum Gasteiger partial charge on any atom is 0.122 e. The Labute approximate surface area is 97.4 Å². The first-order chi connectivity index (χ1) is 7.59. The Kier molecular flexibility index (Phi) is 3.30. The first kappa shape index (κ1) is 11.6. The lowest BCUT2D eigenvalue weighted by atomic mass is 9.88. The van der Waals surface area contributed by atoms with E-state index < -0.39 is 0 Å². The van der Waals surface area contributed by atoms with Gasteiger partial charge in [-0.1, -0.05) is 6.92 Å². The van der Waals surface area contributed by atoms with Crippen LogP contribution in [0.15, 0.2) is 12.4 Å². The molecule has 90 valence electrons. The topological polar surface area (TPSA) is 47.1 Å². The summed E-state index contributed by atoms with van der Waals surface area (Å²) in [7, 11) is 2.05. The van der Waals surface area contributed by atoms with Gasteiger partial charge in [-0.15, -0.1) is 0 Å². The average Bonchev–Trinajstić information content (AvgIpc) is 2.65. The highest BCUT2D eigenvalue weighted by atomic mass is 15.2. The summed E-state index contributed by atoms with van der Waals surface area (Å²) in [5.74, 6) is 1.70. The zero-order valence-corrected chi connectivity index (χ0v) is 10.4. The van der Waals surface area contributed by atoms with Crippen molar-refractivity contribution in [2.75, 3.05) is 6.54 Å². The smallest absolute Gasteiger partial charge is 0.122 e. The van der Waals surface area contributed by atoms with Crippen LogP contribution in [0.2, 0.25) is 0 Å². The van der Waals surface area contributed by atoms with Gasteiger partial charge in [0.15, 0.2) is 0 Å². The second kappa shape index (κ2) is 4.55. The number of aryl methyl sites for hydroxylation is 1. The number of rotatable bonds is 2. The Hall–Kier alpha value is -0.870. The number of likely N-dealkylation sites (tertiary alicyclic amines) is 1. The molecule has 1 aliphatic heterocycles. The Morgan fingerprint density at radius 3 is 2.88 bits per heavy atom. The van der Waals surface area contributed by atoms with E-state index in [1.807, 2.05) is 19.4 Å². The molecule has 4 nitrogen and oxygen atoms in total. The third-order valence-corrected chi connectivity index (χ3v) is 4.03. The van der Waals surface area contributed by atoms with E-state index in [9.17, 15) is 0 Å². The predicted octanol–water partition coefficient (Wildman–Crippen LogP) is 0.978. The standard InChI is InChI=1S/C12H22N4/c1-9-10(2)16(6-4-11(9)13)8-12-14-5-7-15(12)3/h5,7,9-11H,4,6,8,13H2,1-3H3. The maximum atomic E-state index is 6.09. The fourth-order valence-electron chi connectivity index (χ4n) is 2.43. The minimum Gasteiger partial charge on any atom is -0.337 e. The van der Waals surface area contributed by atoms with E-state index >= 15 is 0 Å². The minimum atomic E-state index is 0.354. The quantitative estimate of drug-likeness (QED) is 0.811. The van der Waals surface area contributed by atoms with E-state index in [2.05, 4.69) is 28.3 Å². The lowest BCUT2D eigenvalue weighted by molar-refractivity contribution is 0.0877. The maximum absolute atomic E-state index is 6.09. The van der Waals surface area contributed by atoms with Crippen LogP contribution in [0.1, 0.15) is 26.1 Å². The van der Waals surface area contributed by atoms with Crippen molar-refractivity contribution in [3.63, 3.8) is 0 Å². The van der Waals surface area contributed by atoms with Gasteiger partial charge < -0.3 is 10.3 Å². The molecule has 0 radical (unpaired) electrons. The van der Waals surface area contributed by atoms with Crippen LogP contribution >= 0.6 is 0 Å². The molecule has 0 bridgehead atoms. The van der Waals surface area contributed by atoms with Gasteiger partial charge in [0.05, 0.1) is 6.54 Å². The summed E-state index contributed by atoms with van der Waals surface area (Å²) in [6.07, 6.45) is 4.95. The second-order valence-electron chi connectivity index (χ2n) is 4.98. The second-order valence-corrected chi connectivity index (χ2v) is 4.98. The number of hydrogen-bond acceptors (Lipinski definition) is 3. The Bertz CT molecular complexity index is 347. The predicted molar refractivity (Wildman–Crippen MR) is 64.8 cm³/mol. The van der Waals surface area contributed by atoms with Gasteiger partial charge in [-0.3, -0.25) is 4.90 Å². The van der Waals surface area contributed by atoms with Gasteiger partial charge >= 0.3 is 0 Å². The summed E-state index contributed by atoms with van der Waals surface area (Å²) < 4.78 is 2.09. The van der Waals surface area contributed by atoms with E-state index in [4.69, 9.17) is 5.73 Å². The number of piperidine rings is 1. The molecule has 2 rings (SSSR count). The lowest BCUT2D eigenvalue weighted by Crippen LogP contribution is -2.51. The highest BCUT2D eigenvalue weighted by Gasteiger charge is 2.30. The van der Waals surface area contributed by atoms with Gasteiger partial charge in [-0.2, -0.15) is 0 Å². The van der Waals surface area contributed by atoms with Crippen LogP contribution in [0.25, 0.3) is 0 Å². The van der Waals surface area contributed by atoms with Crippen LogP contribution in [0, 0.1) is 5.92 Å². The third kappa shape index (κ3) is 2.13. The highest BCUT2D eigenvalue weighted by Crippen LogP contribution is 2.23. The van der Waals surface area contributed by atoms with Crippen LogP contribution in [-0.2, 0) is 13.6 Å². The summed E-state index contributed by atoms with van der Waals surface area (Å²) in [5, 5.41) is 0.